The number of primary amides is 1. The van der Waals surface area contributed by atoms with E-state index in [-0.39, 0.29) is 50.1 Å². The van der Waals surface area contributed by atoms with Gasteiger partial charge in [0.1, 0.15) is 23.4 Å². The number of nitrogens with zero attached hydrogens (tertiary/aromatic N) is 1. The van der Waals surface area contributed by atoms with Gasteiger partial charge >= 0.3 is 12.1 Å². The molecule has 0 heterocycles. The van der Waals surface area contributed by atoms with E-state index in [0.29, 0.717) is 12.0 Å². The van der Waals surface area contributed by atoms with E-state index < -0.39 is 47.5 Å². The lowest BCUT2D eigenvalue weighted by molar-refractivity contribution is -0.145. The largest absolute Gasteiger partial charge is 0.508 e. The van der Waals surface area contributed by atoms with E-state index >= 15 is 0 Å². The van der Waals surface area contributed by atoms with Crippen LogP contribution in [0.3, 0.4) is 0 Å². The van der Waals surface area contributed by atoms with Crippen LogP contribution in [0, 0.1) is 5.92 Å². The number of hydrogen-bond donors (Lipinski definition) is 4. The van der Waals surface area contributed by atoms with E-state index in [1.807, 2.05) is 6.92 Å². The molecular weight excluding hydrogens is 508 g/mol. The fraction of sp³-hybridized carbons (Fsp3) is 0.593. The minimum atomic E-state index is -1.22. The van der Waals surface area contributed by atoms with Crippen molar-refractivity contribution < 1.29 is 38.6 Å². The SMILES string of the molecule is CCOC(=O)CCNC(=O)C(c1cccc(O)c1)N(C(=O)C(CCC(N)=O)NC(=O)OC(C)(C)C)C1CC1C. The van der Waals surface area contributed by atoms with Crippen LogP contribution in [0.5, 0.6) is 5.75 Å². The van der Waals surface area contributed by atoms with Crippen LogP contribution in [0.4, 0.5) is 4.79 Å². The maximum atomic E-state index is 14.0. The molecule has 1 aliphatic rings. The van der Waals surface area contributed by atoms with Crippen LogP contribution in [0.25, 0.3) is 0 Å². The average Bonchev–Trinajstić information content (AvgIpc) is 3.54. The van der Waals surface area contributed by atoms with Crippen LogP contribution in [-0.4, -0.2) is 70.6 Å². The van der Waals surface area contributed by atoms with Gasteiger partial charge < -0.3 is 35.8 Å². The van der Waals surface area contributed by atoms with Gasteiger partial charge in [-0.3, -0.25) is 19.2 Å². The average molecular weight is 549 g/mol. The lowest BCUT2D eigenvalue weighted by Gasteiger charge is -2.35. The molecule has 0 spiro atoms. The van der Waals surface area contributed by atoms with Gasteiger partial charge in [-0.1, -0.05) is 19.1 Å². The van der Waals surface area contributed by atoms with E-state index in [1.165, 1.54) is 17.0 Å². The van der Waals surface area contributed by atoms with E-state index in [1.54, 1.807) is 39.8 Å². The molecule has 0 aromatic heterocycles. The number of ether oxygens (including phenoxy) is 2. The van der Waals surface area contributed by atoms with Crippen LogP contribution in [-0.2, 0) is 28.7 Å². The summed E-state index contributed by atoms with van der Waals surface area (Å²) in [6, 6.07) is 3.20. The molecule has 0 saturated heterocycles. The van der Waals surface area contributed by atoms with Crippen molar-refractivity contribution in [3.63, 3.8) is 0 Å². The maximum Gasteiger partial charge on any atom is 0.408 e. The zero-order valence-electron chi connectivity index (χ0n) is 23.2. The standard InChI is InChI=1S/C27H40N4O8/c1-6-38-22(34)12-13-29-24(35)23(17-8-7-9-18(32)15-17)31(20-14-16(20)2)25(36)19(10-11-21(28)33)30-26(37)39-27(3,4)5/h7-9,15-16,19-20,23,32H,6,10-14H2,1-5H3,(H2,28,33)(H,29,35)(H,30,37). The second kappa shape index (κ2) is 13.8. The zero-order valence-corrected chi connectivity index (χ0v) is 23.2. The molecule has 4 unspecified atom stereocenters. The second-order valence-corrected chi connectivity index (χ2v) is 10.6. The van der Waals surface area contributed by atoms with E-state index in [0.717, 1.165) is 0 Å². The zero-order chi connectivity index (χ0) is 29.3. The highest BCUT2D eigenvalue weighted by Gasteiger charge is 2.48. The summed E-state index contributed by atoms with van der Waals surface area (Å²) in [4.78, 5) is 64.9. The number of hydrogen-bond acceptors (Lipinski definition) is 8. The predicted molar refractivity (Wildman–Crippen MR) is 141 cm³/mol. The Morgan fingerprint density at radius 1 is 1.18 bits per heavy atom. The molecule has 4 amide bonds. The molecule has 1 aromatic rings. The molecule has 1 fully saturated rings. The van der Waals surface area contributed by atoms with Crippen molar-refractivity contribution in [1.29, 1.82) is 0 Å². The van der Waals surface area contributed by atoms with E-state index in [2.05, 4.69) is 10.6 Å². The van der Waals surface area contributed by atoms with Crippen molar-refractivity contribution in [2.24, 2.45) is 11.7 Å². The lowest BCUT2D eigenvalue weighted by atomic mass is 10.0. The molecule has 0 radical (unpaired) electrons. The van der Waals surface area contributed by atoms with E-state index in [4.69, 9.17) is 15.2 Å². The minimum Gasteiger partial charge on any atom is -0.508 e. The third-order valence-electron chi connectivity index (χ3n) is 5.99. The van der Waals surface area contributed by atoms with Crippen molar-refractivity contribution in [1.82, 2.24) is 15.5 Å². The third-order valence-corrected chi connectivity index (χ3v) is 5.99. The van der Waals surface area contributed by atoms with E-state index in [9.17, 15) is 29.1 Å². The first-order valence-corrected chi connectivity index (χ1v) is 13.1. The molecule has 216 valence electrons. The van der Waals surface area contributed by atoms with Crippen LogP contribution in [0.15, 0.2) is 24.3 Å². The smallest absolute Gasteiger partial charge is 0.408 e. The van der Waals surface area contributed by atoms with Gasteiger partial charge in [0.05, 0.1) is 13.0 Å². The topological polar surface area (TPSA) is 177 Å². The summed E-state index contributed by atoms with van der Waals surface area (Å²) >= 11 is 0. The number of aromatic hydroxyl groups is 1. The van der Waals surface area contributed by atoms with Crippen LogP contribution in [0.2, 0.25) is 0 Å². The van der Waals surface area contributed by atoms with Crippen molar-refractivity contribution >= 4 is 29.8 Å². The van der Waals surface area contributed by atoms with Gasteiger partial charge in [0.15, 0.2) is 0 Å². The van der Waals surface area contributed by atoms with Gasteiger partial charge in [0.2, 0.25) is 17.7 Å². The minimum absolute atomic E-state index is 0.0313. The summed E-state index contributed by atoms with van der Waals surface area (Å²) in [5.41, 5.74) is 4.82. The third kappa shape index (κ3) is 10.1. The summed E-state index contributed by atoms with van der Waals surface area (Å²) in [6.07, 6.45) is -0.624. The highest BCUT2D eigenvalue weighted by atomic mass is 16.6. The molecule has 1 aromatic carbocycles. The van der Waals surface area contributed by atoms with Crippen molar-refractivity contribution in [3.05, 3.63) is 29.8 Å². The number of nitrogens with one attached hydrogen (secondary N) is 2. The van der Waals surface area contributed by atoms with Gasteiger partial charge in [0, 0.05) is 19.0 Å². The summed E-state index contributed by atoms with van der Waals surface area (Å²) in [6.45, 7) is 8.78. The molecule has 39 heavy (non-hydrogen) atoms. The first-order chi connectivity index (χ1) is 18.2. The van der Waals surface area contributed by atoms with Crippen LogP contribution >= 0.6 is 0 Å². The first-order valence-electron chi connectivity index (χ1n) is 13.1. The Morgan fingerprint density at radius 2 is 1.85 bits per heavy atom. The monoisotopic (exact) mass is 548 g/mol. The first kappa shape index (κ1) is 31.4. The quantitative estimate of drug-likeness (QED) is 0.270. The van der Waals surface area contributed by atoms with Crippen molar-refractivity contribution in [2.75, 3.05) is 13.2 Å². The molecule has 4 atom stereocenters. The van der Waals surface area contributed by atoms with Crippen molar-refractivity contribution in [3.8, 4) is 5.75 Å². The van der Waals surface area contributed by atoms with Gasteiger partial charge in [-0.25, -0.2) is 4.79 Å². The fourth-order valence-corrected chi connectivity index (χ4v) is 4.10. The fourth-order valence-electron chi connectivity index (χ4n) is 4.10. The lowest BCUT2D eigenvalue weighted by Crippen LogP contribution is -2.54. The van der Waals surface area contributed by atoms with Crippen molar-refractivity contribution in [2.45, 2.75) is 84.0 Å². The number of phenols is 1. The number of benzene rings is 1. The summed E-state index contributed by atoms with van der Waals surface area (Å²) < 4.78 is 10.2. The highest BCUT2D eigenvalue weighted by molar-refractivity contribution is 5.93. The number of nitrogens with two attached hydrogens (primary N) is 1. The molecule has 12 nitrogen and oxygen atoms in total. The molecule has 2 rings (SSSR count). The summed E-state index contributed by atoms with van der Waals surface area (Å²) in [5, 5.41) is 15.4. The molecule has 1 saturated carbocycles. The Balaban J connectivity index is 2.43. The number of alkyl carbamates (subject to hydrolysis) is 1. The Labute approximate surface area is 228 Å². The maximum absolute atomic E-state index is 14.0. The number of phenolic OH excluding ortho intramolecular Hbond substituents is 1. The molecule has 1 aliphatic carbocycles. The van der Waals surface area contributed by atoms with Gasteiger partial charge in [-0.15, -0.1) is 0 Å². The number of esters is 1. The molecular formula is C27H40N4O8. The Morgan fingerprint density at radius 3 is 2.38 bits per heavy atom. The number of amides is 4. The summed E-state index contributed by atoms with van der Waals surface area (Å²) in [7, 11) is 0. The van der Waals surface area contributed by atoms with Gasteiger partial charge in [-0.2, -0.15) is 0 Å². The number of carbonyl (C=O) groups is 5. The molecule has 0 bridgehead atoms. The van der Waals surface area contributed by atoms with Crippen LogP contribution in [0.1, 0.15) is 71.9 Å². The Bertz CT molecular complexity index is 1050. The summed E-state index contributed by atoms with van der Waals surface area (Å²) in [5.74, 6) is -2.38. The Hall–Kier alpha value is -3.83. The molecule has 0 aliphatic heterocycles. The second-order valence-electron chi connectivity index (χ2n) is 10.6. The van der Waals surface area contributed by atoms with Gasteiger partial charge in [0.25, 0.3) is 0 Å². The highest BCUT2D eigenvalue weighted by Crippen LogP contribution is 2.41. The predicted octanol–water partition coefficient (Wildman–Crippen LogP) is 1.90. The number of rotatable bonds is 13. The Kier molecular flexibility index (Phi) is 11.1. The van der Waals surface area contributed by atoms with Crippen LogP contribution < -0.4 is 16.4 Å². The number of carbonyl (C=O) groups excluding carboxylic acids is 5. The molecule has 12 heteroatoms. The normalized spacial score (nSPS) is 17.8. The molecule has 5 N–H and O–H groups in total. The van der Waals surface area contributed by atoms with Gasteiger partial charge in [-0.05, 0) is 64.2 Å².